The Morgan fingerprint density at radius 1 is 1.29 bits per heavy atom. The Hall–Kier alpha value is -2.10. The molecule has 4 heteroatoms. The van der Waals surface area contributed by atoms with Gasteiger partial charge in [0, 0.05) is 18.1 Å². The summed E-state index contributed by atoms with van der Waals surface area (Å²) in [6.07, 6.45) is 3.17. The number of hydrogen-bond donors (Lipinski definition) is 2. The molecule has 0 spiro atoms. The molecule has 1 aromatic carbocycles. The van der Waals surface area contributed by atoms with E-state index in [0.29, 0.717) is 11.7 Å². The number of nitrogens with one attached hydrogen (secondary N) is 2. The van der Waals surface area contributed by atoms with Crippen LogP contribution in [0.2, 0.25) is 0 Å². The minimum atomic E-state index is -0.229. The molecule has 0 unspecified atom stereocenters. The zero-order valence-electron chi connectivity index (χ0n) is 9.90. The first-order chi connectivity index (χ1) is 8.16. The Morgan fingerprint density at radius 3 is 2.53 bits per heavy atom. The third-order valence-corrected chi connectivity index (χ3v) is 2.55. The zero-order chi connectivity index (χ0) is 12.3. The molecule has 0 saturated carbocycles. The van der Waals surface area contributed by atoms with Gasteiger partial charge >= 0.3 is 0 Å². The van der Waals surface area contributed by atoms with E-state index in [1.54, 1.807) is 12.4 Å². The number of benzene rings is 1. The van der Waals surface area contributed by atoms with E-state index in [9.17, 15) is 4.79 Å². The van der Waals surface area contributed by atoms with Gasteiger partial charge in [0.2, 0.25) is 0 Å². The van der Waals surface area contributed by atoms with E-state index in [1.165, 1.54) is 5.56 Å². The second-order valence-electron chi connectivity index (χ2n) is 4.17. The van der Waals surface area contributed by atoms with Gasteiger partial charge < -0.3 is 10.3 Å². The fourth-order valence-electron chi connectivity index (χ4n) is 1.53. The van der Waals surface area contributed by atoms with E-state index in [4.69, 9.17) is 0 Å². The number of H-pyrrole nitrogens is 1. The molecule has 0 atom stereocenters. The third kappa shape index (κ3) is 2.72. The summed E-state index contributed by atoms with van der Waals surface area (Å²) in [5, 5.41) is 2.78. The second kappa shape index (κ2) is 4.82. The van der Waals surface area contributed by atoms with E-state index in [1.807, 2.05) is 24.3 Å². The molecule has 0 aliphatic heterocycles. The fourth-order valence-corrected chi connectivity index (χ4v) is 1.53. The van der Waals surface area contributed by atoms with Crippen LogP contribution >= 0.6 is 0 Å². The van der Waals surface area contributed by atoms with Gasteiger partial charge in [-0.25, -0.2) is 4.98 Å². The molecule has 0 aliphatic rings. The molecule has 0 saturated heterocycles. The molecule has 4 nitrogen and oxygen atoms in total. The Labute approximate surface area is 100 Å². The van der Waals surface area contributed by atoms with Crippen molar-refractivity contribution in [2.75, 3.05) is 5.32 Å². The van der Waals surface area contributed by atoms with Gasteiger partial charge in [-0.05, 0) is 23.6 Å². The van der Waals surface area contributed by atoms with Crippen LogP contribution in [-0.4, -0.2) is 15.9 Å². The van der Waals surface area contributed by atoms with Crippen molar-refractivity contribution in [3.8, 4) is 0 Å². The summed E-state index contributed by atoms with van der Waals surface area (Å²) in [4.78, 5) is 18.3. The first-order valence-corrected chi connectivity index (χ1v) is 5.57. The van der Waals surface area contributed by atoms with Crippen LogP contribution in [0.15, 0.2) is 36.7 Å². The molecular weight excluding hydrogens is 214 g/mol. The summed E-state index contributed by atoms with van der Waals surface area (Å²) >= 11 is 0. The summed E-state index contributed by atoms with van der Waals surface area (Å²) < 4.78 is 0. The number of aromatic amines is 1. The monoisotopic (exact) mass is 229 g/mol. The maximum Gasteiger partial charge on any atom is 0.291 e. The lowest BCUT2D eigenvalue weighted by Gasteiger charge is -2.07. The molecule has 1 amide bonds. The predicted molar refractivity (Wildman–Crippen MR) is 67.1 cm³/mol. The van der Waals surface area contributed by atoms with E-state index in [0.717, 1.165) is 5.69 Å². The lowest BCUT2D eigenvalue weighted by Crippen LogP contribution is -2.13. The lowest BCUT2D eigenvalue weighted by atomic mass is 10.0. The van der Waals surface area contributed by atoms with Gasteiger partial charge in [0.25, 0.3) is 5.91 Å². The summed E-state index contributed by atoms with van der Waals surface area (Å²) in [5.74, 6) is 0.579. The van der Waals surface area contributed by atoms with E-state index < -0.39 is 0 Å². The molecular formula is C13H15N3O. The highest BCUT2D eigenvalue weighted by molar-refractivity contribution is 6.01. The molecule has 0 fully saturated rings. The normalized spacial score (nSPS) is 10.5. The highest BCUT2D eigenvalue weighted by Crippen LogP contribution is 2.17. The lowest BCUT2D eigenvalue weighted by molar-refractivity contribution is 0.101. The van der Waals surface area contributed by atoms with Gasteiger partial charge in [-0.2, -0.15) is 0 Å². The van der Waals surface area contributed by atoms with E-state index >= 15 is 0 Å². The highest BCUT2D eigenvalue weighted by atomic mass is 16.2. The molecule has 2 aromatic rings. The maximum absolute atomic E-state index is 11.7. The number of imidazole rings is 1. The standard InChI is InChI=1S/C13H15N3O/c1-9(2)10-3-5-11(6-4-10)16-13(17)12-14-7-8-15-12/h3-9H,1-2H3,(H,14,15)(H,16,17). The van der Waals surface area contributed by atoms with Crippen LogP contribution in [0.4, 0.5) is 5.69 Å². The van der Waals surface area contributed by atoms with Gasteiger partial charge in [-0.15, -0.1) is 0 Å². The average Bonchev–Trinajstić information content (AvgIpc) is 2.83. The minimum Gasteiger partial charge on any atom is -0.341 e. The van der Waals surface area contributed by atoms with Crippen LogP contribution in [0.25, 0.3) is 0 Å². The van der Waals surface area contributed by atoms with Gasteiger partial charge in [0.15, 0.2) is 5.82 Å². The van der Waals surface area contributed by atoms with Crippen LogP contribution in [0.3, 0.4) is 0 Å². The van der Waals surface area contributed by atoms with Crippen molar-refractivity contribution in [2.45, 2.75) is 19.8 Å². The van der Waals surface area contributed by atoms with Crippen molar-refractivity contribution in [2.24, 2.45) is 0 Å². The van der Waals surface area contributed by atoms with E-state index in [2.05, 4.69) is 29.1 Å². The molecule has 1 aromatic heterocycles. The van der Waals surface area contributed by atoms with Crippen LogP contribution in [0, 0.1) is 0 Å². The van der Waals surface area contributed by atoms with Crippen molar-refractivity contribution < 1.29 is 4.79 Å². The molecule has 2 N–H and O–H groups in total. The SMILES string of the molecule is CC(C)c1ccc(NC(=O)c2ncc[nH]2)cc1. The van der Waals surface area contributed by atoms with Crippen LogP contribution in [0.1, 0.15) is 35.9 Å². The quantitative estimate of drug-likeness (QED) is 0.850. The largest absolute Gasteiger partial charge is 0.341 e. The number of carbonyl (C=O) groups is 1. The molecule has 0 radical (unpaired) electrons. The number of aromatic nitrogens is 2. The van der Waals surface area contributed by atoms with Crippen LogP contribution in [-0.2, 0) is 0 Å². The average molecular weight is 229 g/mol. The van der Waals surface area contributed by atoms with Crippen LogP contribution in [0.5, 0.6) is 0 Å². The highest BCUT2D eigenvalue weighted by Gasteiger charge is 2.07. The van der Waals surface area contributed by atoms with Gasteiger partial charge in [0.05, 0.1) is 0 Å². The number of anilines is 1. The Kier molecular flexibility index (Phi) is 3.23. The zero-order valence-corrected chi connectivity index (χ0v) is 9.90. The molecule has 1 heterocycles. The summed E-state index contributed by atoms with van der Waals surface area (Å²) in [6, 6.07) is 7.83. The molecule has 0 aliphatic carbocycles. The second-order valence-corrected chi connectivity index (χ2v) is 4.17. The summed E-state index contributed by atoms with van der Waals surface area (Å²) in [5.41, 5.74) is 2.02. The summed E-state index contributed by atoms with van der Waals surface area (Å²) in [6.45, 7) is 4.27. The Bertz CT molecular complexity index is 486. The molecule has 2 rings (SSSR count). The maximum atomic E-state index is 11.7. The summed E-state index contributed by atoms with van der Waals surface area (Å²) in [7, 11) is 0. The van der Waals surface area contributed by atoms with Crippen molar-refractivity contribution >= 4 is 11.6 Å². The smallest absolute Gasteiger partial charge is 0.291 e. The molecule has 17 heavy (non-hydrogen) atoms. The third-order valence-electron chi connectivity index (χ3n) is 2.55. The number of hydrogen-bond acceptors (Lipinski definition) is 2. The predicted octanol–water partition coefficient (Wildman–Crippen LogP) is 2.79. The first kappa shape index (κ1) is 11.4. The fraction of sp³-hybridized carbons (Fsp3) is 0.231. The number of rotatable bonds is 3. The number of nitrogens with zero attached hydrogens (tertiary/aromatic N) is 1. The molecule has 0 bridgehead atoms. The van der Waals surface area contributed by atoms with Gasteiger partial charge in [-0.1, -0.05) is 26.0 Å². The van der Waals surface area contributed by atoms with E-state index in [-0.39, 0.29) is 5.91 Å². The van der Waals surface area contributed by atoms with Crippen molar-refractivity contribution in [1.82, 2.24) is 9.97 Å². The number of amides is 1. The van der Waals surface area contributed by atoms with Gasteiger partial charge in [-0.3, -0.25) is 4.79 Å². The molecule has 88 valence electrons. The van der Waals surface area contributed by atoms with Crippen molar-refractivity contribution in [3.63, 3.8) is 0 Å². The number of carbonyl (C=O) groups excluding carboxylic acids is 1. The van der Waals surface area contributed by atoms with Crippen molar-refractivity contribution in [3.05, 3.63) is 48.0 Å². The minimum absolute atomic E-state index is 0.229. The van der Waals surface area contributed by atoms with Crippen molar-refractivity contribution in [1.29, 1.82) is 0 Å². The van der Waals surface area contributed by atoms with Crippen LogP contribution < -0.4 is 5.32 Å². The Morgan fingerprint density at radius 2 is 2.00 bits per heavy atom. The Balaban J connectivity index is 2.07. The topological polar surface area (TPSA) is 57.8 Å². The van der Waals surface area contributed by atoms with Gasteiger partial charge in [0.1, 0.15) is 0 Å². The first-order valence-electron chi connectivity index (χ1n) is 5.57.